The van der Waals surface area contributed by atoms with Gasteiger partial charge in [-0.1, -0.05) is 6.07 Å². The number of rotatable bonds is 5. The summed E-state index contributed by atoms with van der Waals surface area (Å²) in [5, 5.41) is 3.48. The number of aromatic nitrogens is 1. The Hall–Kier alpha value is -1.13. The Balaban J connectivity index is 1.53. The number of nitrogens with zero attached hydrogens (tertiary/aromatic N) is 2. The van der Waals surface area contributed by atoms with Gasteiger partial charge in [0.05, 0.1) is 5.69 Å². The third kappa shape index (κ3) is 3.91. The Morgan fingerprint density at radius 1 is 1.26 bits per heavy atom. The maximum absolute atomic E-state index is 6.00. The van der Waals surface area contributed by atoms with Crippen molar-refractivity contribution in [3.05, 3.63) is 23.9 Å². The molecule has 2 fully saturated rings. The van der Waals surface area contributed by atoms with Gasteiger partial charge in [-0.25, -0.2) is 4.98 Å². The first-order valence-electron chi connectivity index (χ1n) is 7.34. The van der Waals surface area contributed by atoms with Gasteiger partial charge < -0.3 is 15.0 Å². The maximum atomic E-state index is 6.00. The number of nitrogens with one attached hydrogen (secondary N) is 1. The van der Waals surface area contributed by atoms with Crippen LogP contribution in [0.1, 0.15) is 31.4 Å². The summed E-state index contributed by atoms with van der Waals surface area (Å²) in [5.41, 5.74) is 1.08. The highest BCUT2D eigenvalue weighted by Gasteiger charge is 2.21. The molecule has 1 aliphatic carbocycles. The molecule has 0 bridgehead atoms. The molecule has 1 aromatic heterocycles. The van der Waals surface area contributed by atoms with Crippen LogP contribution in [0, 0.1) is 0 Å². The van der Waals surface area contributed by atoms with Crippen LogP contribution in [0.4, 0.5) is 0 Å². The van der Waals surface area contributed by atoms with E-state index in [1.54, 1.807) is 0 Å². The van der Waals surface area contributed by atoms with Crippen molar-refractivity contribution in [2.45, 2.75) is 44.4 Å². The van der Waals surface area contributed by atoms with Crippen LogP contribution in [-0.2, 0) is 6.54 Å². The highest BCUT2D eigenvalue weighted by atomic mass is 16.5. The quantitative estimate of drug-likeness (QED) is 0.877. The second kappa shape index (κ2) is 5.88. The van der Waals surface area contributed by atoms with Crippen LogP contribution >= 0.6 is 0 Å². The molecule has 0 amide bonds. The summed E-state index contributed by atoms with van der Waals surface area (Å²) in [5.74, 6) is 0.782. The van der Waals surface area contributed by atoms with Gasteiger partial charge in [-0.3, -0.25) is 0 Å². The van der Waals surface area contributed by atoms with Gasteiger partial charge in [0, 0.05) is 31.7 Å². The van der Waals surface area contributed by atoms with Crippen molar-refractivity contribution in [3.63, 3.8) is 0 Å². The fourth-order valence-corrected chi connectivity index (χ4v) is 2.43. The zero-order valence-corrected chi connectivity index (χ0v) is 11.6. The molecule has 3 rings (SSSR count). The molecule has 4 heteroatoms. The van der Waals surface area contributed by atoms with Crippen LogP contribution < -0.4 is 10.1 Å². The summed E-state index contributed by atoms with van der Waals surface area (Å²) >= 11 is 0. The molecule has 0 radical (unpaired) electrons. The fraction of sp³-hybridized carbons (Fsp3) is 0.667. The van der Waals surface area contributed by atoms with Gasteiger partial charge in [-0.05, 0) is 38.8 Å². The zero-order valence-electron chi connectivity index (χ0n) is 11.6. The van der Waals surface area contributed by atoms with Gasteiger partial charge in [-0.2, -0.15) is 0 Å². The van der Waals surface area contributed by atoms with E-state index in [0.717, 1.165) is 50.1 Å². The van der Waals surface area contributed by atoms with E-state index in [0.29, 0.717) is 6.10 Å². The van der Waals surface area contributed by atoms with Gasteiger partial charge in [0.25, 0.3) is 0 Å². The minimum atomic E-state index is 0.329. The van der Waals surface area contributed by atoms with Crippen LogP contribution in [0.5, 0.6) is 5.88 Å². The first kappa shape index (κ1) is 12.9. The van der Waals surface area contributed by atoms with Crippen molar-refractivity contribution in [2.24, 2.45) is 0 Å². The van der Waals surface area contributed by atoms with Crippen LogP contribution in [0.15, 0.2) is 18.2 Å². The first-order chi connectivity index (χ1) is 9.29. The van der Waals surface area contributed by atoms with E-state index in [1.165, 1.54) is 12.8 Å². The molecule has 104 valence electrons. The topological polar surface area (TPSA) is 37.4 Å². The normalized spacial score (nSPS) is 21.5. The van der Waals surface area contributed by atoms with Gasteiger partial charge in [-0.15, -0.1) is 0 Å². The lowest BCUT2D eigenvalue weighted by Gasteiger charge is -2.29. The first-order valence-corrected chi connectivity index (χ1v) is 7.34. The molecule has 0 aromatic carbocycles. The van der Waals surface area contributed by atoms with Crippen LogP contribution in [0.25, 0.3) is 0 Å². The largest absolute Gasteiger partial charge is 0.474 e. The van der Waals surface area contributed by atoms with E-state index in [9.17, 15) is 0 Å². The van der Waals surface area contributed by atoms with Crippen molar-refractivity contribution in [3.8, 4) is 5.88 Å². The molecule has 1 aliphatic heterocycles. The third-order valence-corrected chi connectivity index (χ3v) is 3.88. The Morgan fingerprint density at radius 2 is 2.05 bits per heavy atom. The number of piperidine rings is 1. The molecular formula is C15H23N3O. The summed E-state index contributed by atoms with van der Waals surface area (Å²) in [7, 11) is 2.17. The summed E-state index contributed by atoms with van der Waals surface area (Å²) in [6.07, 6.45) is 5.15. The molecule has 1 N–H and O–H groups in total. The van der Waals surface area contributed by atoms with E-state index in [-0.39, 0.29) is 0 Å². The van der Waals surface area contributed by atoms with Gasteiger partial charge >= 0.3 is 0 Å². The Morgan fingerprint density at radius 3 is 2.79 bits per heavy atom. The highest BCUT2D eigenvalue weighted by Crippen LogP contribution is 2.20. The predicted molar refractivity (Wildman–Crippen MR) is 75.2 cm³/mol. The van der Waals surface area contributed by atoms with E-state index < -0.39 is 0 Å². The molecule has 0 atom stereocenters. The van der Waals surface area contributed by atoms with Crippen molar-refractivity contribution in [2.75, 3.05) is 20.1 Å². The standard InChI is InChI=1S/C15H23N3O/c1-18-9-7-14(8-10-18)19-15-4-2-3-13(17-15)11-16-12-5-6-12/h2-4,12,14,16H,5-11H2,1H3. The molecular weight excluding hydrogens is 238 g/mol. The Kier molecular flexibility index (Phi) is 3.99. The molecule has 1 saturated carbocycles. The number of ether oxygens (including phenoxy) is 1. The van der Waals surface area contributed by atoms with E-state index in [1.807, 2.05) is 12.1 Å². The van der Waals surface area contributed by atoms with E-state index >= 15 is 0 Å². The lowest BCUT2D eigenvalue weighted by Crippen LogP contribution is -2.35. The summed E-state index contributed by atoms with van der Waals surface area (Å²) < 4.78 is 6.00. The Bertz CT molecular complexity index is 412. The minimum absolute atomic E-state index is 0.329. The van der Waals surface area contributed by atoms with Crippen molar-refractivity contribution < 1.29 is 4.74 Å². The minimum Gasteiger partial charge on any atom is -0.474 e. The predicted octanol–water partition coefficient (Wildman–Crippen LogP) is 1.81. The number of hydrogen-bond acceptors (Lipinski definition) is 4. The Labute approximate surface area is 115 Å². The smallest absolute Gasteiger partial charge is 0.213 e. The average Bonchev–Trinajstić information content (AvgIpc) is 3.24. The number of hydrogen-bond donors (Lipinski definition) is 1. The summed E-state index contributed by atoms with van der Waals surface area (Å²) in [6.45, 7) is 3.09. The molecule has 19 heavy (non-hydrogen) atoms. The third-order valence-electron chi connectivity index (χ3n) is 3.88. The molecule has 2 heterocycles. The molecule has 1 aromatic rings. The van der Waals surface area contributed by atoms with Gasteiger partial charge in [0.2, 0.25) is 5.88 Å². The summed E-state index contributed by atoms with van der Waals surface area (Å²) in [4.78, 5) is 6.94. The monoisotopic (exact) mass is 261 g/mol. The molecule has 0 spiro atoms. The van der Waals surface area contributed by atoms with E-state index in [4.69, 9.17) is 4.74 Å². The van der Waals surface area contributed by atoms with Crippen LogP contribution in [-0.4, -0.2) is 42.2 Å². The van der Waals surface area contributed by atoms with E-state index in [2.05, 4.69) is 28.3 Å². The maximum Gasteiger partial charge on any atom is 0.213 e. The van der Waals surface area contributed by atoms with Crippen molar-refractivity contribution in [1.82, 2.24) is 15.2 Å². The van der Waals surface area contributed by atoms with Crippen molar-refractivity contribution in [1.29, 1.82) is 0 Å². The second-order valence-corrected chi connectivity index (χ2v) is 5.74. The van der Waals surface area contributed by atoms with Crippen molar-refractivity contribution >= 4 is 0 Å². The average molecular weight is 261 g/mol. The zero-order chi connectivity index (χ0) is 13.1. The number of likely N-dealkylation sites (tertiary alicyclic amines) is 1. The van der Waals surface area contributed by atoms with Gasteiger partial charge in [0.15, 0.2) is 0 Å². The summed E-state index contributed by atoms with van der Waals surface area (Å²) in [6, 6.07) is 6.80. The lowest BCUT2D eigenvalue weighted by molar-refractivity contribution is 0.110. The SMILES string of the molecule is CN1CCC(Oc2cccc(CNC3CC3)n2)CC1. The fourth-order valence-electron chi connectivity index (χ4n) is 2.43. The van der Waals surface area contributed by atoms with Crippen LogP contribution in [0.2, 0.25) is 0 Å². The molecule has 0 unspecified atom stereocenters. The number of pyridine rings is 1. The molecule has 1 saturated heterocycles. The lowest BCUT2D eigenvalue weighted by atomic mass is 10.1. The molecule has 4 nitrogen and oxygen atoms in total. The second-order valence-electron chi connectivity index (χ2n) is 5.74. The van der Waals surface area contributed by atoms with Gasteiger partial charge in [0.1, 0.15) is 6.10 Å². The van der Waals surface area contributed by atoms with Crippen LogP contribution in [0.3, 0.4) is 0 Å². The highest BCUT2D eigenvalue weighted by molar-refractivity contribution is 5.16. The molecule has 2 aliphatic rings.